The first kappa shape index (κ1) is 21.9. The number of benzene rings is 2. The van der Waals surface area contributed by atoms with Crippen LogP contribution in [-0.4, -0.2) is 28.1 Å². The molecule has 2 N–H and O–H groups in total. The van der Waals surface area contributed by atoms with Crippen molar-refractivity contribution in [1.82, 2.24) is 0 Å². The van der Waals surface area contributed by atoms with E-state index in [-0.39, 0.29) is 25.2 Å². The molecule has 1 saturated carbocycles. The van der Waals surface area contributed by atoms with Crippen LogP contribution in [0, 0.1) is 11.8 Å². The van der Waals surface area contributed by atoms with Crippen LogP contribution in [0.1, 0.15) is 42.9 Å². The Labute approximate surface area is 177 Å². The Kier molecular flexibility index (Phi) is 7.94. The third-order valence-electron chi connectivity index (χ3n) is 5.51. The van der Waals surface area contributed by atoms with Gasteiger partial charge in [-0.2, -0.15) is 0 Å². The summed E-state index contributed by atoms with van der Waals surface area (Å²) in [5.74, 6) is -1.53. The number of carbonyl (C=O) groups is 2. The van der Waals surface area contributed by atoms with Gasteiger partial charge in [-0.3, -0.25) is 9.59 Å². The van der Waals surface area contributed by atoms with Crippen molar-refractivity contribution in [2.45, 2.75) is 44.5 Å². The highest BCUT2D eigenvalue weighted by Crippen LogP contribution is 2.33. The molecule has 158 valence electrons. The Hall–Kier alpha value is -2.76. The number of carbonyl (C=O) groups excluding carboxylic acids is 2. The molecular weight excluding hydrogens is 380 g/mol. The lowest BCUT2D eigenvalue weighted by atomic mass is 9.90. The van der Waals surface area contributed by atoms with Crippen LogP contribution in [0.5, 0.6) is 0 Å². The van der Waals surface area contributed by atoms with Gasteiger partial charge in [0, 0.05) is 18.3 Å². The molecule has 0 aliphatic heterocycles. The first-order valence-electron chi connectivity index (χ1n) is 10.3. The minimum atomic E-state index is -0.792. The summed E-state index contributed by atoms with van der Waals surface area (Å²) in [7, 11) is 0. The summed E-state index contributed by atoms with van der Waals surface area (Å²) in [4.78, 5) is 24.5. The van der Waals surface area contributed by atoms with Crippen LogP contribution in [-0.2, 0) is 20.9 Å². The number of Topliss-reactive ketones (excluding diaryl/α,β-unsaturated/α-hetero) is 1. The third-order valence-corrected chi connectivity index (χ3v) is 5.51. The number of ether oxygens (including phenoxy) is 1. The van der Waals surface area contributed by atoms with Gasteiger partial charge in [0.2, 0.25) is 0 Å². The molecule has 0 spiro atoms. The van der Waals surface area contributed by atoms with Crippen molar-refractivity contribution >= 4 is 11.8 Å². The van der Waals surface area contributed by atoms with Gasteiger partial charge < -0.3 is 14.9 Å². The van der Waals surface area contributed by atoms with E-state index < -0.39 is 30.0 Å². The zero-order valence-corrected chi connectivity index (χ0v) is 16.9. The molecule has 1 unspecified atom stereocenters. The lowest BCUT2D eigenvalue weighted by molar-refractivity contribution is -0.147. The van der Waals surface area contributed by atoms with E-state index in [0.717, 1.165) is 11.1 Å². The molecule has 3 rings (SSSR count). The van der Waals surface area contributed by atoms with Crippen LogP contribution in [0.2, 0.25) is 0 Å². The maximum absolute atomic E-state index is 12.3. The van der Waals surface area contributed by atoms with Crippen LogP contribution in [0.25, 0.3) is 0 Å². The summed E-state index contributed by atoms with van der Waals surface area (Å²) in [5.41, 5.74) is 1.75. The van der Waals surface area contributed by atoms with Gasteiger partial charge in [0.1, 0.15) is 12.4 Å². The van der Waals surface area contributed by atoms with Gasteiger partial charge in [-0.05, 0) is 24.0 Å². The molecule has 1 aliphatic carbocycles. The second-order valence-electron chi connectivity index (χ2n) is 7.70. The first-order valence-corrected chi connectivity index (χ1v) is 10.3. The van der Waals surface area contributed by atoms with E-state index in [1.165, 1.54) is 0 Å². The summed E-state index contributed by atoms with van der Waals surface area (Å²) in [6, 6.07) is 18.8. The van der Waals surface area contributed by atoms with E-state index in [2.05, 4.69) is 0 Å². The van der Waals surface area contributed by atoms with Crippen molar-refractivity contribution in [3.05, 3.63) is 83.9 Å². The van der Waals surface area contributed by atoms with E-state index in [0.29, 0.717) is 12.8 Å². The molecule has 1 fully saturated rings. The number of hydrogen-bond acceptors (Lipinski definition) is 5. The standard InChI is InChI=1S/C25H28O5/c26-22(19-11-5-2-6-12-19)14-8-7-13-20-21(24(28)16-23(20)27)15-25(29)30-17-18-9-3-1-4-10-18/h1-7,9-13,20-23,26-27H,8,14-17H2/b13-7+/t20-,21-,22?,23+/m1/s1. The highest BCUT2D eigenvalue weighted by Gasteiger charge is 2.41. The zero-order chi connectivity index (χ0) is 21.3. The molecule has 2 aromatic rings. The smallest absolute Gasteiger partial charge is 0.306 e. The van der Waals surface area contributed by atoms with Crippen LogP contribution >= 0.6 is 0 Å². The van der Waals surface area contributed by atoms with Crippen LogP contribution in [0.3, 0.4) is 0 Å². The van der Waals surface area contributed by atoms with Gasteiger partial charge in [-0.25, -0.2) is 0 Å². The fourth-order valence-corrected chi connectivity index (χ4v) is 3.81. The van der Waals surface area contributed by atoms with Gasteiger partial charge in [-0.1, -0.05) is 72.8 Å². The average Bonchev–Trinajstić information content (AvgIpc) is 3.03. The second kappa shape index (κ2) is 10.9. The number of aliphatic hydroxyl groups is 2. The number of esters is 1. The summed E-state index contributed by atoms with van der Waals surface area (Å²) in [6.07, 6.45) is 3.50. The molecule has 30 heavy (non-hydrogen) atoms. The Balaban J connectivity index is 1.50. The van der Waals surface area contributed by atoms with Crippen LogP contribution in [0.4, 0.5) is 0 Å². The second-order valence-corrected chi connectivity index (χ2v) is 7.70. The predicted molar refractivity (Wildman–Crippen MR) is 113 cm³/mol. The topological polar surface area (TPSA) is 83.8 Å². The normalized spacial score (nSPS) is 22.3. The molecule has 4 atom stereocenters. The molecular formula is C25H28O5. The van der Waals surface area contributed by atoms with Gasteiger partial charge in [0.25, 0.3) is 0 Å². The molecule has 0 amide bonds. The predicted octanol–water partition coefficient (Wildman–Crippen LogP) is 3.76. The SMILES string of the molecule is O=C(C[C@H]1C(=O)C[C@H](O)[C@@H]1/C=C/CCC(O)c1ccccc1)OCc1ccccc1. The van der Waals surface area contributed by atoms with E-state index in [1.807, 2.05) is 72.8 Å². The molecule has 0 bridgehead atoms. The van der Waals surface area contributed by atoms with Crippen LogP contribution < -0.4 is 0 Å². The highest BCUT2D eigenvalue weighted by atomic mass is 16.5. The molecule has 0 aromatic heterocycles. The maximum atomic E-state index is 12.3. The van der Waals surface area contributed by atoms with Crippen molar-refractivity contribution in [3.63, 3.8) is 0 Å². The van der Waals surface area contributed by atoms with Gasteiger partial charge in [0.05, 0.1) is 18.6 Å². The largest absolute Gasteiger partial charge is 0.461 e. The van der Waals surface area contributed by atoms with E-state index in [9.17, 15) is 19.8 Å². The summed E-state index contributed by atoms with van der Waals surface area (Å²) < 4.78 is 5.30. The number of rotatable bonds is 9. The van der Waals surface area contributed by atoms with Gasteiger partial charge in [0.15, 0.2) is 0 Å². The fraction of sp³-hybridized carbons (Fsp3) is 0.360. The molecule has 5 nitrogen and oxygen atoms in total. The summed E-state index contributed by atoms with van der Waals surface area (Å²) in [5, 5.41) is 20.5. The minimum Gasteiger partial charge on any atom is -0.461 e. The molecule has 0 heterocycles. The Bertz CT molecular complexity index is 846. The lowest BCUT2D eigenvalue weighted by Crippen LogP contribution is -2.22. The summed E-state index contributed by atoms with van der Waals surface area (Å²) >= 11 is 0. The average molecular weight is 408 g/mol. The highest BCUT2D eigenvalue weighted by molar-refractivity contribution is 5.88. The molecule has 1 aliphatic rings. The zero-order valence-electron chi connectivity index (χ0n) is 16.9. The van der Waals surface area contributed by atoms with Crippen molar-refractivity contribution in [2.75, 3.05) is 0 Å². The lowest BCUT2D eigenvalue weighted by Gasteiger charge is -2.17. The molecule has 0 radical (unpaired) electrons. The quantitative estimate of drug-likeness (QED) is 0.488. The van der Waals surface area contributed by atoms with Gasteiger partial charge >= 0.3 is 5.97 Å². The number of allylic oxidation sites excluding steroid dienone is 1. The first-order chi connectivity index (χ1) is 14.5. The third kappa shape index (κ3) is 6.12. The fourth-order valence-electron chi connectivity index (χ4n) is 3.81. The number of hydrogen-bond donors (Lipinski definition) is 2. The van der Waals surface area contributed by atoms with Crippen LogP contribution in [0.15, 0.2) is 72.8 Å². The molecule has 5 heteroatoms. The van der Waals surface area contributed by atoms with Crippen molar-refractivity contribution < 1.29 is 24.5 Å². The van der Waals surface area contributed by atoms with Crippen molar-refractivity contribution in [3.8, 4) is 0 Å². The number of aliphatic hydroxyl groups excluding tert-OH is 2. The Morgan fingerprint density at radius 3 is 2.47 bits per heavy atom. The Morgan fingerprint density at radius 2 is 1.77 bits per heavy atom. The Morgan fingerprint density at radius 1 is 1.10 bits per heavy atom. The molecule has 2 aromatic carbocycles. The maximum Gasteiger partial charge on any atom is 0.306 e. The number of ketones is 1. The summed E-state index contributed by atoms with van der Waals surface area (Å²) in [6.45, 7) is 0.168. The van der Waals surface area contributed by atoms with E-state index in [1.54, 1.807) is 0 Å². The van der Waals surface area contributed by atoms with Gasteiger partial charge in [-0.15, -0.1) is 0 Å². The molecule has 0 saturated heterocycles. The van der Waals surface area contributed by atoms with E-state index >= 15 is 0 Å². The van der Waals surface area contributed by atoms with Crippen molar-refractivity contribution in [2.24, 2.45) is 11.8 Å². The monoisotopic (exact) mass is 408 g/mol. The van der Waals surface area contributed by atoms with Crippen molar-refractivity contribution in [1.29, 1.82) is 0 Å². The minimum absolute atomic E-state index is 0.0373. The van der Waals surface area contributed by atoms with E-state index in [4.69, 9.17) is 4.74 Å².